The van der Waals surface area contributed by atoms with Gasteiger partial charge in [-0.2, -0.15) is 5.10 Å². The Morgan fingerprint density at radius 1 is 1.36 bits per heavy atom. The second-order valence-electron chi connectivity index (χ2n) is 5.16. The SMILES string of the molecule is C/C=N\N1C=CC(Oc2ccc(N)c(F)c2C)=CC1=C(C)C. The van der Waals surface area contributed by atoms with Crippen LogP contribution < -0.4 is 10.5 Å². The fraction of sp³-hybridized carbons (Fsp3) is 0.235. The van der Waals surface area contributed by atoms with E-state index in [0.29, 0.717) is 17.1 Å². The molecule has 1 heterocycles. The molecule has 22 heavy (non-hydrogen) atoms. The highest BCUT2D eigenvalue weighted by Crippen LogP contribution is 2.28. The van der Waals surface area contributed by atoms with Crippen molar-refractivity contribution in [3.05, 3.63) is 58.9 Å². The third-order valence-electron chi connectivity index (χ3n) is 3.25. The number of ether oxygens (including phenoxy) is 1. The number of rotatable bonds is 3. The summed E-state index contributed by atoms with van der Waals surface area (Å²) < 4.78 is 19.6. The van der Waals surface area contributed by atoms with Gasteiger partial charge in [0.25, 0.3) is 0 Å². The van der Waals surface area contributed by atoms with Crippen molar-refractivity contribution >= 4 is 11.9 Å². The van der Waals surface area contributed by atoms with Gasteiger partial charge in [-0.25, -0.2) is 9.40 Å². The van der Waals surface area contributed by atoms with E-state index in [1.165, 1.54) is 6.07 Å². The zero-order valence-corrected chi connectivity index (χ0v) is 13.2. The summed E-state index contributed by atoms with van der Waals surface area (Å²) in [7, 11) is 0. The molecule has 0 aliphatic carbocycles. The van der Waals surface area contributed by atoms with E-state index in [4.69, 9.17) is 10.5 Å². The molecule has 0 saturated carbocycles. The molecule has 0 aromatic heterocycles. The summed E-state index contributed by atoms with van der Waals surface area (Å²) in [5, 5.41) is 6.02. The van der Waals surface area contributed by atoms with E-state index in [9.17, 15) is 4.39 Å². The zero-order chi connectivity index (χ0) is 16.3. The number of benzene rings is 1. The molecule has 0 fully saturated rings. The van der Waals surface area contributed by atoms with Crippen molar-refractivity contribution in [2.24, 2.45) is 5.10 Å². The molecule has 1 aliphatic rings. The number of anilines is 1. The number of allylic oxidation sites excluding steroid dienone is 3. The van der Waals surface area contributed by atoms with Crippen LogP contribution in [0.5, 0.6) is 5.75 Å². The minimum Gasteiger partial charge on any atom is -0.457 e. The summed E-state index contributed by atoms with van der Waals surface area (Å²) in [6.45, 7) is 7.49. The van der Waals surface area contributed by atoms with Gasteiger partial charge in [0.1, 0.15) is 11.5 Å². The van der Waals surface area contributed by atoms with Gasteiger partial charge >= 0.3 is 0 Å². The van der Waals surface area contributed by atoms with Crippen molar-refractivity contribution in [2.45, 2.75) is 27.7 Å². The Morgan fingerprint density at radius 3 is 2.73 bits per heavy atom. The van der Waals surface area contributed by atoms with E-state index >= 15 is 0 Å². The molecule has 1 aliphatic heterocycles. The van der Waals surface area contributed by atoms with E-state index in [2.05, 4.69) is 5.10 Å². The molecule has 1 aromatic carbocycles. The Kier molecular flexibility index (Phi) is 4.65. The van der Waals surface area contributed by atoms with Crippen molar-refractivity contribution in [3.63, 3.8) is 0 Å². The highest BCUT2D eigenvalue weighted by molar-refractivity contribution is 5.54. The van der Waals surface area contributed by atoms with Crippen molar-refractivity contribution in [3.8, 4) is 5.75 Å². The fourth-order valence-corrected chi connectivity index (χ4v) is 2.06. The number of hydrazone groups is 1. The molecule has 0 amide bonds. The number of hydrogen-bond acceptors (Lipinski definition) is 4. The number of halogens is 1. The van der Waals surface area contributed by atoms with Gasteiger partial charge in [0.15, 0.2) is 5.82 Å². The summed E-state index contributed by atoms with van der Waals surface area (Å²) in [4.78, 5) is 0. The van der Waals surface area contributed by atoms with Crippen LogP contribution in [0.3, 0.4) is 0 Å². The first-order valence-electron chi connectivity index (χ1n) is 7.01. The average molecular weight is 301 g/mol. The Morgan fingerprint density at radius 2 is 2.09 bits per heavy atom. The average Bonchev–Trinajstić information content (AvgIpc) is 2.49. The molecule has 0 spiro atoms. The first kappa shape index (κ1) is 15.8. The van der Waals surface area contributed by atoms with E-state index < -0.39 is 5.82 Å². The number of hydrogen-bond donors (Lipinski definition) is 1. The van der Waals surface area contributed by atoms with Crippen LogP contribution in [0.2, 0.25) is 0 Å². The Labute approximate surface area is 130 Å². The number of nitrogen functional groups attached to an aromatic ring is 1. The van der Waals surface area contributed by atoms with Crippen LogP contribution in [0.4, 0.5) is 10.1 Å². The second-order valence-corrected chi connectivity index (χ2v) is 5.16. The first-order valence-corrected chi connectivity index (χ1v) is 7.01. The van der Waals surface area contributed by atoms with Crippen LogP contribution in [0.1, 0.15) is 26.3 Å². The standard InChI is InChI=1S/C17H20FN3O/c1-5-20-21-9-8-13(10-15(21)11(2)3)22-16-7-6-14(19)17(18)12(16)4/h5-10H,19H2,1-4H3/b20-5-. The number of nitrogens with two attached hydrogens (primary N) is 1. The Hall–Kier alpha value is -2.56. The Balaban J connectivity index is 2.32. The van der Waals surface area contributed by atoms with Crippen molar-refractivity contribution in [2.75, 3.05) is 5.73 Å². The van der Waals surface area contributed by atoms with Crippen LogP contribution in [-0.2, 0) is 0 Å². The maximum absolute atomic E-state index is 13.8. The second kappa shape index (κ2) is 6.47. The van der Waals surface area contributed by atoms with Gasteiger partial charge < -0.3 is 10.5 Å². The molecule has 0 radical (unpaired) electrons. The van der Waals surface area contributed by atoms with Gasteiger partial charge in [-0.05, 0) is 45.9 Å². The third kappa shape index (κ3) is 3.19. The highest BCUT2D eigenvalue weighted by Gasteiger charge is 2.14. The van der Waals surface area contributed by atoms with Crippen molar-refractivity contribution in [1.82, 2.24) is 5.01 Å². The van der Waals surface area contributed by atoms with Crippen LogP contribution in [0, 0.1) is 12.7 Å². The van der Waals surface area contributed by atoms with Gasteiger partial charge in [0.2, 0.25) is 0 Å². The summed E-state index contributed by atoms with van der Waals surface area (Å²) in [6, 6.07) is 3.17. The minimum absolute atomic E-state index is 0.117. The van der Waals surface area contributed by atoms with Gasteiger partial charge in [0, 0.05) is 24.1 Å². The lowest BCUT2D eigenvalue weighted by Crippen LogP contribution is -2.14. The lowest BCUT2D eigenvalue weighted by molar-refractivity contribution is 0.416. The van der Waals surface area contributed by atoms with Gasteiger partial charge in [-0.3, -0.25) is 0 Å². The summed E-state index contributed by atoms with van der Waals surface area (Å²) in [6.07, 6.45) is 7.18. The molecule has 2 N–H and O–H groups in total. The maximum Gasteiger partial charge on any atom is 0.152 e. The predicted molar refractivity (Wildman–Crippen MR) is 87.8 cm³/mol. The molecule has 0 bridgehead atoms. The molecule has 4 nitrogen and oxygen atoms in total. The molecule has 0 atom stereocenters. The largest absolute Gasteiger partial charge is 0.457 e. The van der Waals surface area contributed by atoms with Crippen LogP contribution in [0.25, 0.3) is 0 Å². The minimum atomic E-state index is -0.447. The lowest BCUT2D eigenvalue weighted by Gasteiger charge is -2.22. The molecule has 116 valence electrons. The highest BCUT2D eigenvalue weighted by atomic mass is 19.1. The fourth-order valence-electron chi connectivity index (χ4n) is 2.06. The first-order chi connectivity index (χ1) is 10.4. The smallest absolute Gasteiger partial charge is 0.152 e. The van der Waals surface area contributed by atoms with Crippen LogP contribution in [0.15, 0.2) is 52.6 Å². The van der Waals surface area contributed by atoms with Gasteiger partial charge in [-0.1, -0.05) is 5.57 Å². The molecular weight excluding hydrogens is 281 g/mol. The van der Waals surface area contributed by atoms with Crippen molar-refractivity contribution < 1.29 is 9.13 Å². The molecular formula is C17H20FN3O. The van der Waals surface area contributed by atoms with E-state index in [-0.39, 0.29) is 5.69 Å². The molecule has 0 unspecified atom stereocenters. The van der Waals surface area contributed by atoms with E-state index in [1.807, 2.05) is 26.8 Å². The monoisotopic (exact) mass is 301 g/mol. The summed E-state index contributed by atoms with van der Waals surface area (Å²) in [5.74, 6) is 0.617. The molecule has 0 saturated heterocycles. The molecule has 2 rings (SSSR count). The van der Waals surface area contributed by atoms with Gasteiger partial charge in [0.05, 0.1) is 11.4 Å². The van der Waals surface area contributed by atoms with Crippen molar-refractivity contribution in [1.29, 1.82) is 0 Å². The normalized spacial score (nSPS) is 14.5. The quantitative estimate of drug-likeness (QED) is 0.675. The lowest BCUT2D eigenvalue weighted by atomic mass is 10.1. The van der Waals surface area contributed by atoms with E-state index in [0.717, 1.165) is 11.3 Å². The topological polar surface area (TPSA) is 50.8 Å². The Bertz CT molecular complexity index is 698. The summed E-state index contributed by atoms with van der Waals surface area (Å²) >= 11 is 0. The summed E-state index contributed by atoms with van der Waals surface area (Å²) in [5.41, 5.74) is 8.07. The van der Waals surface area contributed by atoms with Crippen LogP contribution >= 0.6 is 0 Å². The third-order valence-corrected chi connectivity index (χ3v) is 3.25. The predicted octanol–water partition coefficient (Wildman–Crippen LogP) is 4.11. The number of nitrogens with zero attached hydrogens (tertiary/aromatic N) is 2. The van der Waals surface area contributed by atoms with E-state index in [1.54, 1.807) is 36.5 Å². The molecule has 1 aromatic rings. The maximum atomic E-state index is 13.8. The van der Waals surface area contributed by atoms with Crippen LogP contribution in [-0.4, -0.2) is 11.2 Å². The van der Waals surface area contributed by atoms with Gasteiger partial charge in [-0.15, -0.1) is 0 Å². The molecule has 5 heteroatoms. The zero-order valence-electron chi connectivity index (χ0n) is 13.2.